The minimum absolute atomic E-state index is 0.417. The van der Waals surface area contributed by atoms with E-state index in [4.69, 9.17) is 0 Å². The zero-order valence-corrected chi connectivity index (χ0v) is 52.4. The fourth-order valence-electron chi connectivity index (χ4n) is 9.65. The first-order chi connectivity index (χ1) is 29.9. The second-order valence-electron chi connectivity index (χ2n) is 21.4. The molecule has 5 aromatic rings. The maximum atomic E-state index is 2.77. The van der Waals surface area contributed by atoms with Gasteiger partial charge in [-0.25, -0.2) is 0 Å². The third-order valence-electron chi connectivity index (χ3n) is 13.6. The van der Waals surface area contributed by atoms with Crippen LogP contribution in [0.25, 0.3) is 40.2 Å². The van der Waals surface area contributed by atoms with Gasteiger partial charge in [0, 0.05) is 0 Å². The van der Waals surface area contributed by atoms with E-state index < -0.39 is 36.8 Å². The average Bonchev–Trinajstić information content (AvgIpc) is 4.06. The van der Waals surface area contributed by atoms with Crippen LogP contribution in [-0.2, 0) is 12.8 Å². The van der Waals surface area contributed by atoms with E-state index in [2.05, 4.69) is 116 Å². The summed E-state index contributed by atoms with van der Waals surface area (Å²) in [4.78, 5) is 15.9. The van der Waals surface area contributed by atoms with E-state index in [0.717, 1.165) is 11.8 Å². The van der Waals surface area contributed by atoms with Crippen molar-refractivity contribution in [2.45, 2.75) is 224 Å². The molecule has 4 aromatic heterocycles. The molecule has 0 amide bonds. The van der Waals surface area contributed by atoms with Gasteiger partial charge in [-0.3, -0.25) is 0 Å². The van der Waals surface area contributed by atoms with Crippen LogP contribution in [0.1, 0.15) is 191 Å². The molecule has 0 N–H and O–H groups in total. The number of benzene rings is 1. The van der Waals surface area contributed by atoms with Crippen LogP contribution in [0.2, 0.25) is 29.6 Å². The normalized spacial score (nSPS) is 13.6. The molecule has 62 heavy (non-hydrogen) atoms. The van der Waals surface area contributed by atoms with Crippen LogP contribution >= 0.6 is 22.7 Å². The number of thiophene rings is 2. The fraction of sp³-hybridized carbons (Fsp3) is 0.679. The summed E-state index contributed by atoms with van der Waals surface area (Å²) >= 11 is 0.580. The monoisotopic (exact) mass is 1230 g/mol. The summed E-state index contributed by atoms with van der Waals surface area (Å²) < 4.78 is 13.8. The first kappa shape index (κ1) is 53.7. The molecule has 346 valence electrons. The predicted octanol–water partition coefficient (Wildman–Crippen LogP) is 18.4. The van der Waals surface area contributed by atoms with Crippen LogP contribution in [0.4, 0.5) is 0 Å². The molecule has 1 aromatic carbocycles. The first-order valence-corrected chi connectivity index (χ1v) is 51.1. The summed E-state index contributed by atoms with van der Waals surface area (Å²) in [5.41, 5.74) is 3.33. The Morgan fingerprint density at radius 2 is 0.726 bits per heavy atom. The molecule has 0 radical (unpaired) electrons. The van der Waals surface area contributed by atoms with E-state index in [1.807, 2.05) is 0 Å². The fourth-order valence-corrected chi connectivity index (χ4v) is 27.8. The van der Waals surface area contributed by atoms with Crippen molar-refractivity contribution in [2.75, 3.05) is 0 Å². The minimum atomic E-state index is -2.36. The Morgan fingerprint density at radius 3 is 1.05 bits per heavy atom. The SMILES string of the molecule is CCCCCCCCC(CCCCCC)Cc1ccc(-c2c3c[c]([Sn]([CH3])([CH3])[CH3])sc3c(-c3ccc(CC(CCCCCC)CCCCCCCC)[se]3)c3c[c]([Sn]([CH3])([CH3])[CH3])sc23)[se]1. The Labute approximate surface area is 411 Å². The van der Waals surface area contributed by atoms with Crippen LogP contribution in [0.3, 0.4) is 0 Å². The molecule has 0 bridgehead atoms. The molecule has 0 aliphatic heterocycles. The summed E-state index contributed by atoms with van der Waals surface area (Å²) in [5.74, 6) is 1.74. The van der Waals surface area contributed by atoms with Crippen LogP contribution in [-0.4, -0.2) is 65.8 Å². The topological polar surface area (TPSA) is 0 Å². The zero-order valence-electron chi connectivity index (χ0n) is 41.6. The van der Waals surface area contributed by atoms with Crippen LogP contribution in [0, 0.1) is 11.8 Å². The third kappa shape index (κ3) is 16.5. The van der Waals surface area contributed by atoms with Crippen molar-refractivity contribution < 1.29 is 0 Å². The van der Waals surface area contributed by atoms with E-state index >= 15 is 0 Å². The summed E-state index contributed by atoms with van der Waals surface area (Å²) in [6.45, 7) is 9.41. The van der Waals surface area contributed by atoms with Crippen LogP contribution in [0.5, 0.6) is 0 Å². The van der Waals surface area contributed by atoms with Crippen molar-refractivity contribution in [3.05, 3.63) is 45.3 Å². The summed E-state index contributed by atoms with van der Waals surface area (Å²) in [5, 5.41) is 3.26. The number of hydrogen-bond acceptors (Lipinski definition) is 2. The van der Waals surface area contributed by atoms with Gasteiger partial charge in [-0.2, -0.15) is 0 Å². The Hall–Kier alpha value is 0.736. The molecule has 2 unspecified atom stereocenters. The van der Waals surface area contributed by atoms with Gasteiger partial charge in [0.1, 0.15) is 0 Å². The van der Waals surface area contributed by atoms with Gasteiger partial charge in [0.2, 0.25) is 0 Å². The molecule has 4 heterocycles. The molecule has 0 aliphatic carbocycles. The Balaban J connectivity index is 1.52. The van der Waals surface area contributed by atoms with E-state index in [0.29, 0.717) is 29.0 Å². The predicted molar refractivity (Wildman–Crippen MR) is 296 cm³/mol. The summed E-state index contributed by atoms with van der Waals surface area (Å²) in [6, 6.07) is 16.0. The van der Waals surface area contributed by atoms with Gasteiger partial charge < -0.3 is 0 Å². The molecular weight excluding hydrogens is 1130 g/mol. The van der Waals surface area contributed by atoms with E-state index in [1.54, 1.807) is 54.8 Å². The molecule has 0 saturated carbocycles. The first-order valence-electron chi connectivity index (χ1n) is 26.1. The third-order valence-corrected chi connectivity index (χ3v) is 39.5. The molecule has 5 rings (SSSR count). The molecule has 0 spiro atoms. The van der Waals surface area contributed by atoms with Crippen LogP contribution in [0.15, 0.2) is 36.4 Å². The maximum absolute atomic E-state index is 2.77. The summed E-state index contributed by atoms with van der Waals surface area (Å²) in [6.07, 6.45) is 36.6. The second-order valence-corrected chi connectivity index (χ2v) is 59.3. The Bertz CT molecular complexity index is 1820. The van der Waals surface area contributed by atoms with Crippen molar-refractivity contribution in [1.82, 2.24) is 0 Å². The molecule has 2 atom stereocenters. The summed E-state index contributed by atoms with van der Waals surface area (Å²) in [7, 11) is 0. The van der Waals surface area contributed by atoms with Crippen molar-refractivity contribution in [2.24, 2.45) is 11.8 Å². The number of fused-ring (bicyclic) bond motifs is 2. The van der Waals surface area contributed by atoms with Crippen LogP contribution < -0.4 is 5.79 Å². The van der Waals surface area contributed by atoms with Gasteiger partial charge in [0.25, 0.3) is 0 Å². The zero-order chi connectivity index (χ0) is 44.5. The quantitative estimate of drug-likeness (QED) is 0.0297. The Morgan fingerprint density at radius 1 is 0.419 bits per heavy atom. The van der Waals surface area contributed by atoms with Gasteiger partial charge in [0.15, 0.2) is 0 Å². The molecule has 6 heteroatoms. The van der Waals surface area contributed by atoms with E-state index in [1.165, 1.54) is 167 Å². The Kier molecular flexibility index (Phi) is 24.0. The number of hydrogen-bond donors (Lipinski definition) is 0. The van der Waals surface area contributed by atoms with Crippen molar-refractivity contribution >= 4 is 114 Å². The average molecular weight is 1220 g/mol. The molecule has 0 aliphatic rings. The van der Waals surface area contributed by atoms with Crippen molar-refractivity contribution in [1.29, 1.82) is 0 Å². The number of rotatable bonds is 32. The van der Waals surface area contributed by atoms with Gasteiger partial charge in [0.05, 0.1) is 0 Å². The standard InChI is InChI=1S/C50H72S2Se2.6CH3.2Sn/c1-5-9-13-17-19-23-27-39(25-21-15-11-7-3)37-41-29-31-45(53-41)47-43-33-35-52-50(43)48(44-34-36-51-49(44)47)46-32-30-42(54-46)38-40(26-22-16-12-8-4)28-24-20-18-14-10-6-2;;;;;;;;/h29-34,39-40H,5-28,37-38H2,1-4H3;6*1H3;;. The van der Waals surface area contributed by atoms with E-state index in [9.17, 15) is 0 Å². The van der Waals surface area contributed by atoms with Gasteiger partial charge in [-0.15, -0.1) is 0 Å². The second kappa shape index (κ2) is 27.7. The molecule has 0 saturated heterocycles. The van der Waals surface area contributed by atoms with Gasteiger partial charge >= 0.3 is 416 Å². The number of unbranched alkanes of at least 4 members (excludes halogenated alkanes) is 16. The van der Waals surface area contributed by atoms with Crippen molar-refractivity contribution in [3.8, 4) is 20.0 Å². The van der Waals surface area contributed by atoms with E-state index in [-0.39, 0.29) is 0 Å². The van der Waals surface area contributed by atoms with Crippen molar-refractivity contribution in [3.63, 3.8) is 0 Å². The van der Waals surface area contributed by atoms with Gasteiger partial charge in [-0.05, 0) is 0 Å². The molecule has 0 nitrogen and oxygen atoms in total. The van der Waals surface area contributed by atoms with Gasteiger partial charge in [-0.1, -0.05) is 0 Å². The molecular formula is C56H90S2Se2Sn2. The molecule has 0 fully saturated rings.